The Bertz CT molecular complexity index is 462. The number of hydrogen-bond acceptors (Lipinski definition) is 3. The SMILES string of the molecule is CCOC(CCNC(=O)c1ccccc1N)C1CCCC1.Cl. The van der Waals surface area contributed by atoms with Crippen LogP contribution in [0.1, 0.15) is 49.4 Å². The van der Waals surface area contributed by atoms with Crippen molar-refractivity contribution in [2.45, 2.75) is 45.1 Å². The number of nitrogen functional groups attached to an aromatic ring is 1. The number of para-hydroxylation sites is 1. The summed E-state index contributed by atoms with van der Waals surface area (Å²) in [6.45, 7) is 3.40. The highest BCUT2D eigenvalue weighted by atomic mass is 35.5. The minimum atomic E-state index is -0.102. The van der Waals surface area contributed by atoms with Gasteiger partial charge < -0.3 is 15.8 Å². The normalized spacial score (nSPS) is 16.0. The number of nitrogens with one attached hydrogen (secondary N) is 1. The zero-order valence-electron chi connectivity index (χ0n) is 13.2. The Kier molecular flexibility index (Phi) is 8.28. The maximum atomic E-state index is 12.1. The maximum absolute atomic E-state index is 12.1. The van der Waals surface area contributed by atoms with Gasteiger partial charge >= 0.3 is 0 Å². The van der Waals surface area contributed by atoms with Crippen molar-refractivity contribution in [1.29, 1.82) is 0 Å². The van der Waals surface area contributed by atoms with Gasteiger partial charge in [0.25, 0.3) is 5.91 Å². The summed E-state index contributed by atoms with van der Waals surface area (Å²) in [5.41, 5.74) is 6.88. The predicted molar refractivity (Wildman–Crippen MR) is 92.4 cm³/mol. The molecule has 0 aliphatic heterocycles. The molecule has 124 valence electrons. The number of nitrogens with two attached hydrogens (primary N) is 1. The van der Waals surface area contributed by atoms with E-state index < -0.39 is 0 Å². The molecular weight excluding hydrogens is 300 g/mol. The first-order valence-corrected chi connectivity index (χ1v) is 7.96. The van der Waals surface area contributed by atoms with E-state index in [0.717, 1.165) is 13.0 Å². The van der Waals surface area contributed by atoms with Gasteiger partial charge in [0, 0.05) is 18.8 Å². The molecule has 1 aromatic rings. The lowest BCUT2D eigenvalue weighted by atomic mass is 9.98. The average molecular weight is 327 g/mol. The first-order valence-electron chi connectivity index (χ1n) is 7.96. The van der Waals surface area contributed by atoms with Crippen LogP contribution in [0.4, 0.5) is 5.69 Å². The van der Waals surface area contributed by atoms with Crippen LogP contribution in [0.15, 0.2) is 24.3 Å². The summed E-state index contributed by atoms with van der Waals surface area (Å²) in [6, 6.07) is 7.15. The van der Waals surface area contributed by atoms with Gasteiger partial charge in [-0.3, -0.25) is 4.79 Å². The zero-order valence-corrected chi connectivity index (χ0v) is 14.0. The van der Waals surface area contributed by atoms with E-state index in [2.05, 4.69) is 5.32 Å². The second-order valence-electron chi connectivity index (χ2n) is 5.67. The molecule has 0 heterocycles. The van der Waals surface area contributed by atoms with Crippen molar-refractivity contribution >= 4 is 24.0 Å². The molecule has 1 aromatic carbocycles. The lowest BCUT2D eigenvalue weighted by Crippen LogP contribution is -2.31. The molecule has 0 radical (unpaired) electrons. The molecular formula is C17H27ClN2O2. The molecule has 22 heavy (non-hydrogen) atoms. The second-order valence-corrected chi connectivity index (χ2v) is 5.67. The fourth-order valence-corrected chi connectivity index (χ4v) is 3.13. The molecule has 1 aliphatic rings. The Morgan fingerprint density at radius 2 is 2.05 bits per heavy atom. The van der Waals surface area contributed by atoms with Crippen molar-refractivity contribution in [3.8, 4) is 0 Å². The Morgan fingerprint density at radius 1 is 1.36 bits per heavy atom. The van der Waals surface area contributed by atoms with Crippen LogP contribution < -0.4 is 11.1 Å². The quantitative estimate of drug-likeness (QED) is 0.755. The first-order chi connectivity index (χ1) is 10.2. The number of carbonyl (C=O) groups excluding carboxylic acids is 1. The molecule has 5 heteroatoms. The summed E-state index contributed by atoms with van der Waals surface area (Å²) in [5.74, 6) is 0.554. The molecule has 0 bridgehead atoms. The Labute approximate surface area is 139 Å². The fraction of sp³-hybridized carbons (Fsp3) is 0.588. The summed E-state index contributed by atoms with van der Waals surface area (Å²) in [5, 5.41) is 2.95. The second kappa shape index (κ2) is 9.70. The van der Waals surface area contributed by atoms with Crippen LogP contribution in [0.25, 0.3) is 0 Å². The van der Waals surface area contributed by atoms with E-state index in [9.17, 15) is 4.79 Å². The number of amides is 1. The van der Waals surface area contributed by atoms with Crippen LogP contribution in [0, 0.1) is 5.92 Å². The third kappa shape index (κ3) is 5.18. The molecule has 1 amide bonds. The third-order valence-electron chi connectivity index (χ3n) is 4.23. The molecule has 3 N–H and O–H groups in total. The number of benzene rings is 1. The van der Waals surface area contributed by atoms with Gasteiger partial charge in [0.05, 0.1) is 11.7 Å². The summed E-state index contributed by atoms with van der Waals surface area (Å²) >= 11 is 0. The molecule has 1 atom stereocenters. The van der Waals surface area contributed by atoms with Gasteiger partial charge in [0.2, 0.25) is 0 Å². The number of hydrogen-bond donors (Lipinski definition) is 2. The number of rotatable bonds is 7. The van der Waals surface area contributed by atoms with E-state index in [4.69, 9.17) is 10.5 Å². The molecule has 0 spiro atoms. The monoisotopic (exact) mass is 326 g/mol. The third-order valence-corrected chi connectivity index (χ3v) is 4.23. The van der Waals surface area contributed by atoms with E-state index in [1.165, 1.54) is 25.7 Å². The van der Waals surface area contributed by atoms with Gasteiger partial charge in [-0.25, -0.2) is 0 Å². The smallest absolute Gasteiger partial charge is 0.253 e. The van der Waals surface area contributed by atoms with Crippen molar-refractivity contribution in [3.05, 3.63) is 29.8 Å². The van der Waals surface area contributed by atoms with E-state index in [0.29, 0.717) is 23.7 Å². The number of ether oxygens (including phenoxy) is 1. The highest BCUT2D eigenvalue weighted by Gasteiger charge is 2.25. The lowest BCUT2D eigenvalue weighted by molar-refractivity contribution is 0.0163. The van der Waals surface area contributed by atoms with Gasteiger partial charge in [-0.15, -0.1) is 12.4 Å². The zero-order chi connectivity index (χ0) is 15.1. The van der Waals surface area contributed by atoms with Crippen molar-refractivity contribution in [3.63, 3.8) is 0 Å². The van der Waals surface area contributed by atoms with Crippen molar-refractivity contribution in [1.82, 2.24) is 5.32 Å². The van der Waals surface area contributed by atoms with Crippen LogP contribution in [-0.2, 0) is 4.74 Å². The number of carbonyl (C=O) groups is 1. The molecule has 4 nitrogen and oxygen atoms in total. The molecule has 1 saturated carbocycles. The fourth-order valence-electron chi connectivity index (χ4n) is 3.13. The van der Waals surface area contributed by atoms with Crippen molar-refractivity contribution in [2.24, 2.45) is 5.92 Å². The topological polar surface area (TPSA) is 64.3 Å². The number of halogens is 1. The predicted octanol–water partition coefficient (Wildman–Crippen LogP) is 3.41. The summed E-state index contributed by atoms with van der Waals surface area (Å²) in [7, 11) is 0. The highest BCUT2D eigenvalue weighted by molar-refractivity contribution is 5.99. The van der Waals surface area contributed by atoms with Crippen molar-refractivity contribution in [2.75, 3.05) is 18.9 Å². The largest absolute Gasteiger partial charge is 0.398 e. The van der Waals surface area contributed by atoms with Crippen LogP contribution in [0.5, 0.6) is 0 Å². The minimum absolute atomic E-state index is 0. The van der Waals surface area contributed by atoms with Crippen LogP contribution >= 0.6 is 12.4 Å². The van der Waals surface area contributed by atoms with Crippen molar-refractivity contribution < 1.29 is 9.53 Å². The van der Waals surface area contributed by atoms with Gasteiger partial charge in [-0.2, -0.15) is 0 Å². The summed E-state index contributed by atoms with van der Waals surface area (Å²) < 4.78 is 5.86. The Morgan fingerprint density at radius 3 is 2.68 bits per heavy atom. The molecule has 0 aromatic heterocycles. The molecule has 1 fully saturated rings. The van der Waals surface area contributed by atoms with E-state index in [1.807, 2.05) is 19.1 Å². The lowest BCUT2D eigenvalue weighted by Gasteiger charge is -2.23. The molecule has 1 unspecified atom stereocenters. The molecule has 1 aliphatic carbocycles. The average Bonchev–Trinajstić information content (AvgIpc) is 3.01. The van der Waals surface area contributed by atoms with Gasteiger partial charge in [-0.1, -0.05) is 25.0 Å². The van der Waals surface area contributed by atoms with Gasteiger partial charge in [0.1, 0.15) is 0 Å². The standard InChI is InChI=1S/C17H26N2O2.ClH/c1-2-21-16(13-7-3-4-8-13)11-12-19-17(20)14-9-5-6-10-15(14)18;/h5-6,9-10,13,16H,2-4,7-8,11-12,18H2,1H3,(H,19,20);1H. The summed E-state index contributed by atoms with van der Waals surface area (Å²) in [4.78, 5) is 12.1. The molecule has 0 saturated heterocycles. The Hall–Kier alpha value is -1.26. The Balaban J connectivity index is 0.00000242. The number of anilines is 1. The highest BCUT2D eigenvalue weighted by Crippen LogP contribution is 2.30. The van der Waals surface area contributed by atoms with Crippen LogP contribution in [-0.4, -0.2) is 25.2 Å². The summed E-state index contributed by atoms with van der Waals surface area (Å²) in [6.07, 6.45) is 6.26. The van der Waals surface area contributed by atoms with Gasteiger partial charge in [-0.05, 0) is 44.2 Å². The minimum Gasteiger partial charge on any atom is -0.398 e. The van der Waals surface area contributed by atoms with E-state index in [1.54, 1.807) is 12.1 Å². The van der Waals surface area contributed by atoms with E-state index in [-0.39, 0.29) is 24.4 Å². The van der Waals surface area contributed by atoms with Gasteiger partial charge in [0.15, 0.2) is 0 Å². The van der Waals surface area contributed by atoms with Crippen LogP contribution in [0.2, 0.25) is 0 Å². The first kappa shape index (κ1) is 18.8. The van der Waals surface area contributed by atoms with Crippen LogP contribution in [0.3, 0.4) is 0 Å². The molecule has 2 rings (SSSR count). The van der Waals surface area contributed by atoms with E-state index >= 15 is 0 Å². The maximum Gasteiger partial charge on any atom is 0.253 e.